The van der Waals surface area contributed by atoms with Crippen molar-refractivity contribution in [2.45, 2.75) is 50.7 Å². The number of fused-ring (bicyclic) bond motifs is 2. The second-order valence-corrected chi connectivity index (χ2v) is 5.84. The van der Waals surface area contributed by atoms with Crippen molar-refractivity contribution < 1.29 is 9.53 Å². The van der Waals surface area contributed by atoms with Crippen molar-refractivity contribution in [2.75, 3.05) is 19.6 Å². The van der Waals surface area contributed by atoms with E-state index in [-0.39, 0.29) is 5.41 Å². The molecule has 2 bridgehead atoms. The van der Waals surface area contributed by atoms with Gasteiger partial charge in [-0.2, -0.15) is 0 Å². The van der Waals surface area contributed by atoms with E-state index >= 15 is 0 Å². The molecule has 1 saturated carbocycles. The van der Waals surface area contributed by atoms with Crippen LogP contribution in [-0.2, 0) is 9.53 Å². The molecule has 3 fully saturated rings. The lowest BCUT2D eigenvalue weighted by molar-refractivity contribution is -0.119. The number of nitrogens with zero attached hydrogens (tertiary/aromatic N) is 1. The van der Waals surface area contributed by atoms with E-state index in [2.05, 4.69) is 4.90 Å². The Labute approximate surface area is 97.1 Å². The van der Waals surface area contributed by atoms with Crippen LogP contribution in [0.3, 0.4) is 0 Å². The highest BCUT2D eigenvalue weighted by Crippen LogP contribution is 2.38. The van der Waals surface area contributed by atoms with Gasteiger partial charge in [0.2, 0.25) is 0 Å². The Balaban J connectivity index is 1.63. The number of carbonyl (C=O) groups excluding carboxylic acids is 1. The van der Waals surface area contributed by atoms with Gasteiger partial charge in [0.05, 0.1) is 12.2 Å². The number of hydrogen-bond acceptors (Lipinski definition) is 3. The number of aldehydes is 1. The number of carbonyl (C=O) groups is 1. The van der Waals surface area contributed by atoms with Crippen molar-refractivity contribution in [2.24, 2.45) is 5.41 Å². The third-order valence-electron chi connectivity index (χ3n) is 4.51. The van der Waals surface area contributed by atoms with Crippen molar-refractivity contribution in [1.82, 2.24) is 4.90 Å². The first-order chi connectivity index (χ1) is 7.80. The standard InChI is InChI=1S/C13H21NO2/c15-10-13(5-1-2-6-13)9-14-7-11-3-4-12(8-14)16-11/h10-12H,1-9H2. The summed E-state index contributed by atoms with van der Waals surface area (Å²) in [4.78, 5) is 13.8. The highest BCUT2D eigenvalue weighted by molar-refractivity contribution is 5.60. The van der Waals surface area contributed by atoms with Crippen molar-refractivity contribution in [1.29, 1.82) is 0 Å². The molecule has 16 heavy (non-hydrogen) atoms. The van der Waals surface area contributed by atoms with E-state index in [1.54, 1.807) is 0 Å². The van der Waals surface area contributed by atoms with Gasteiger partial charge in [-0.3, -0.25) is 4.90 Å². The first-order valence-electron chi connectivity index (χ1n) is 6.64. The predicted molar refractivity (Wildman–Crippen MR) is 61.3 cm³/mol. The molecule has 2 unspecified atom stereocenters. The number of morpholine rings is 1. The maximum Gasteiger partial charge on any atom is 0.127 e. The summed E-state index contributed by atoms with van der Waals surface area (Å²) >= 11 is 0. The topological polar surface area (TPSA) is 29.5 Å². The molecule has 90 valence electrons. The number of rotatable bonds is 3. The largest absolute Gasteiger partial charge is 0.372 e. The molecule has 0 radical (unpaired) electrons. The third-order valence-corrected chi connectivity index (χ3v) is 4.51. The second-order valence-electron chi connectivity index (χ2n) is 5.84. The zero-order chi connectivity index (χ0) is 11.0. The van der Waals surface area contributed by atoms with Crippen LogP contribution in [0.15, 0.2) is 0 Å². The van der Waals surface area contributed by atoms with Gasteiger partial charge in [-0.1, -0.05) is 12.8 Å². The lowest BCUT2D eigenvalue weighted by Crippen LogP contribution is -2.47. The summed E-state index contributed by atoms with van der Waals surface area (Å²) in [5.41, 5.74) is -0.0171. The van der Waals surface area contributed by atoms with Crippen LogP contribution in [0.1, 0.15) is 38.5 Å². The number of ether oxygens (including phenoxy) is 1. The second kappa shape index (κ2) is 4.11. The van der Waals surface area contributed by atoms with Crippen molar-refractivity contribution in [3.8, 4) is 0 Å². The maximum absolute atomic E-state index is 11.3. The van der Waals surface area contributed by atoms with Gasteiger partial charge in [0, 0.05) is 25.0 Å². The molecule has 3 aliphatic rings. The molecule has 2 saturated heterocycles. The van der Waals surface area contributed by atoms with E-state index in [9.17, 15) is 4.79 Å². The Morgan fingerprint density at radius 3 is 2.38 bits per heavy atom. The smallest absolute Gasteiger partial charge is 0.127 e. The molecule has 0 aromatic carbocycles. The van der Waals surface area contributed by atoms with Gasteiger partial charge in [0.25, 0.3) is 0 Å². The van der Waals surface area contributed by atoms with Gasteiger partial charge in [-0.25, -0.2) is 0 Å². The van der Waals surface area contributed by atoms with Crippen LogP contribution < -0.4 is 0 Å². The highest BCUT2D eigenvalue weighted by Gasteiger charge is 2.40. The number of hydrogen-bond donors (Lipinski definition) is 0. The fraction of sp³-hybridized carbons (Fsp3) is 0.923. The summed E-state index contributed by atoms with van der Waals surface area (Å²) in [6.45, 7) is 3.07. The van der Waals surface area contributed by atoms with Crippen molar-refractivity contribution in [3.63, 3.8) is 0 Å². The minimum absolute atomic E-state index is 0.0171. The van der Waals surface area contributed by atoms with Crippen molar-refractivity contribution >= 4 is 6.29 Å². The van der Waals surface area contributed by atoms with Crippen LogP contribution in [-0.4, -0.2) is 43.0 Å². The molecule has 0 N–H and O–H groups in total. The zero-order valence-corrected chi connectivity index (χ0v) is 9.86. The molecule has 1 aliphatic carbocycles. The molecule has 3 heteroatoms. The van der Waals surface area contributed by atoms with Crippen LogP contribution in [0, 0.1) is 5.41 Å². The fourth-order valence-corrected chi connectivity index (χ4v) is 3.67. The molecule has 0 aromatic heterocycles. The van der Waals surface area contributed by atoms with E-state index in [0.29, 0.717) is 12.2 Å². The quantitative estimate of drug-likeness (QED) is 0.681. The highest BCUT2D eigenvalue weighted by atomic mass is 16.5. The first-order valence-corrected chi connectivity index (χ1v) is 6.64. The summed E-state index contributed by atoms with van der Waals surface area (Å²) in [6.07, 6.45) is 9.23. The summed E-state index contributed by atoms with van der Waals surface area (Å²) in [5.74, 6) is 0. The summed E-state index contributed by atoms with van der Waals surface area (Å²) in [5, 5.41) is 0. The Bertz CT molecular complexity index is 261. The molecule has 0 spiro atoms. The molecular formula is C13H21NO2. The normalized spacial score (nSPS) is 37.8. The SMILES string of the molecule is O=CC1(CN2CC3CCC(C2)O3)CCCC1. The van der Waals surface area contributed by atoms with Gasteiger partial charge >= 0.3 is 0 Å². The first kappa shape index (κ1) is 10.7. The van der Waals surface area contributed by atoms with Gasteiger partial charge in [0.15, 0.2) is 0 Å². The Morgan fingerprint density at radius 1 is 1.19 bits per heavy atom. The number of likely N-dealkylation sites (tertiary alicyclic amines) is 1. The molecule has 3 nitrogen and oxygen atoms in total. The minimum Gasteiger partial charge on any atom is -0.372 e. The third kappa shape index (κ3) is 1.91. The van der Waals surface area contributed by atoms with E-state index < -0.39 is 0 Å². The average molecular weight is 223 g/mol. The minimum atomic E-state index is -0.0171. The van der Waals surface area contributed by atoms with Crippen LogP contribution in [0.2, 0.25) is 0 Å². The average Bonchev–Trinajstić information content (AvgIpc) is 2.87. The van der Waals surface area contributed by atoms with E-state index in [1.807, 2.05) is 0 Å². The van der Waals surface area contributed by atoms with Crippen LogP contribution >= 0.6 is 0 Å². The van der Waals surface area contributed by atoms with Gasteiger partial charge < -0.3 is 9.53 Å². The summed E-state index contributed by atoms with van der Waals surface area (Å²) in [6, 6.07) is 0. The predicted octanol–water partition coefficient (Wildman–Crippen LogP) is 1.61. The Hall–Kier alpha value is -0.410. The molecular weight excluding hydrogens is 202 g/mol. The van der Waals surface area contributed by atoms with Gasteiger partial charge in [-0.05, 0) is 25.7 Å². The van der Waals surface area contributed by atoms with Crippen LogP contribution in [0.4, 0.5) is 0 Å². The van der Waals surface area contributed by atoms with E-state index in [0.717, 1.165) is 32.5 Å². The molecule has 3 rings (SSSR count). The molecule has 2 aliphatic heterocycles. The molecule has 2 atom stereocenters. The van der Waals surface area contributed by atoms with E-state index in [1.165, 1.54) is 32.0 Å². The molecule has 0 aromatic rings. The summed E-state index contributed by atoms with van der Waals surface area (Å²) in [7, 11) is 0. The van der Waals surface area contributed by atoms with Crippen LogP contribution in [0.25, 0.3) is 0 Å². The van der Waals surface area contributed by atoms with Gasteiger partial charge in [0.1, 0.15) is 6.29 Å². The molecule has 0 amide bonds. The fourth-order valence-electron chi connectivity index (χ4n) is 3.67. The van der Waals surface area contributed by atoms with Crippen molar-refractivity contribution in [3.05, 3.63) is 0 Å². The molecule has 2 heterocycles. The zero-order valence-electron chi connectivity index (χ0n) is 9.86. The lowest BCUT2D eigenvalue weighted by atomic mass is 9.87. The maximum atomic E-state index is 11.3. The Kier molecular flexibility index (Phi) is 2.76. The van der Waals surface area contributed by atoms with Crippen LogP contribution in [0.5, 0.6) is 0 Å². The Morgan fingerprint density at radius 2 is 1.81 bits per heavy atom. The lowest BCUT2D eigenvalue weighted by Gasteiger charge is -2.36. The monoisotopic (exact) mass is 223 g/mol. The van der Waals surface area contributed by atoms with Gasteiger partial charge in [-0.15, -0.1) is 0 Å². The van der Waals surface area contributed by atoms with E-state index in [4.69, 9.17) is 4.74 Å². The summed E-state index contributed by atoms with van der Waals surface area (Å²) < 4.78 is 5.83.